The molecule has 1 N–H and O–H groups in total. The number of nitrogens with one attached hydrogen (secondary N) is 1. The van der Waals surface area contributed by atoms with E-state index in [1.54, 1.807) is 18.3 Å². The summed E-state index contributed by atoms with van der Waals surface area (Å²) < 4.78 is 0. The first-order chi connectivity index (χ1) is 10.5. The summed E-state index contributed by atoms with van der Waals surface area (Å²) in [6.45, 7) is 3.66. The molecule has 0 saturated carbocycles. The van der Waals surface area contributed by atoms with E-state index in [0.29, 0.717) is 6.42 Å². The molecular weight excluding hydrogens is 292 g/mol. The van der Waals surface area contributed by atoms with Crippen LogP contribution in [0.25, 0.3) is 0 Å². The molecule has 4 heteroatoms. The first kappa shape index (κ1) is 16.3. The molecule has 0 fully saturated rings. The number of hydrogen-bond donors (Lipinski definition) is 1. The van der Waals surface area contributed by atoms with Gasteiger partial charge in [-0.05, 0) is 43.7 Å². The van der Waals surface area contributed by atoms with E-state index >= 15 is 0 Å². The van der Waals surface area contributed by atoms with Gasteiger partial charge in [-0.2, -0.15) is 5.26 Å². The van der Waals surface area contributed by atoms with Crippen molar-refractivity contribution < 1.29 is 4.79 Å². The number of amides is 1. The Bertz CT molecular complexity index is 645. The van der Waals surface area contributed by atoms with Crippen molar-refractivity contribution in [3.63, 3.8) is 0 Å². The van der Waals surface area contributed by atoms with Crippen LogP contribution in [0.4, 0.5) is 0 Å². The summed E-state index contributed by atoms with van der Waals surface area (Å²) in [5, 5.41) is 14.3. The Balaban J connectivity index is 1.98. The van der Waals surface area contributed by atoms with E-state index in [1.807, 2.05) is 54.8 Å². The molecule has 2 rings (SSSR count). The first-order valence-corrected chi connectivity index (χ1v) is 8.23. The maximum absolute atomic E-state index is 12.4. The van der Waals surface area contributed by atoms with Crippen molar-refractivity contribution in [2.45, 2.75) is 38.1 Å². The van der Waals surface area contributed by atoms with Gasteiger partial charge in [0.2, 0.25) is 5.91 Å². The highest BCUT2D eigenvalue weighted by Crippen LogP contribution is 2.22. The van der Waals surface area contributed by atoms with Crippen molar-refractivity contribution >= 4 is 17.2 Å². The minimum atomic E-state index is -0.849. The van der Waals surface area contributed by atoms with Gasteiger partial charge in [-0.25, -0.2) is 0 Å². The quantitative estimate of drug-likeness (QED) is 0.880. The van der Waals surface area contributed by atoms with Gasteiger partial charge >= 0.3 is 0 Å². The highest BCUT2D eigenvalue weighted by atomic mass is 32.1. The monoisotopic (exact) mass is 312 g/mol. The Morgan fingerprint density at radius 1 is 1.32 bits per heavy atom. The molecule has 1 heterocycles. The van der Waals surface area contributed by atoms with Crippen LogP contribution in [0.3, 0.4) is 0 Å². The van der Waals surface area contributed by atoms with Crippen molar-refractivity contribution in [2.24, 2.45) is 0 Å². The van der Waals surface area contributed by atoms with Crippen LogP contribution in [0.15, 0.2) is 47.8 Å². The van der Waals surface area contributed by atoms with Crippen LogP contribution in [-0.2, 0) is 11.2 Å². The average molecular weight is 312 g/mol. The van der Waals surface area contributed by atoms with Crippen molar-refractivity contribution in [3.8, 4) is 6.07 Å². The predicted molar refractivity (Wildman–Crippen MR) is 89.7 cm³/mol. The lowest BCUT2D eigenvalue weighted by molar-refractivity contribution is -0.123. The maximum atomic E-state index is 12.4. The molecule has 2 aromatic rings. The molecule has 0 aliphatic carbocycles. The van der Waals surface area contributed by atoms with E-state index < -0.39 is 5.54 Å². The SMILES string of the molecule is CC(C(=O)NC(C)(C#N)CCc1ccccc1)c1cccs1. The van der Waals surface area contributed by atoms with Gasteiger partial charge in [0.25, 0.3) is 0 Å². The van der Waals surface area contributed by atoms with Crippen LogP contribution >= 0.6 is 11.3 Å². The van der Waals surface area contributed by atoms with Gasteiger partial charge in [0.15, 0.2) is 0 Å². The normalized spacial score (nSPS) is 14.6. The van der Waals surface area contributed by atoms with Crippen LogP contribution in [-0.4, -0.2) is 11.4 Å². The van der Waals surface area contributed by atoms with Gasteiger partial charge in [-0.15, -0.1) is 11.3 Å². The topological polar surface area (TPSA) is 52.9 Å². The molecule has 0 saturated heterocycles. The molecule has 0 spiro atoms. The lowest BCUT2D eigenvalue weighted by Crippen LogP contribution is -2.46. The highest BCUT2D eigenvalue weighted by Gasteiger charge is 2.28. The molecule has 0 aliphatic rings. The molecule has 0 bridgehead atoms. The third kappa shape index (κ3) is 4.19. The number of nitriles is 1. The Morgan fingerprint density at radius 3 is 2.64 bits per heavy atom. The number of aryl methyl sites for hydroxylation is 1. The molecule has 2 atom stereocenters. The molecular formula is C18H20N2OS. The third-order valence-corrected chi connectivity index (χ3v) is 4.82. The minimum Gasteiger partial charge on any atom is -0.337 e. The molecule has 1 amide bonds. The number of rotatable bonds is 6. The highest BCUT2D eigenvalue weighted by molar-refractivity contribution is 7.10. The van der Waals surface area contributed by atoms with Crippen LogP contribution in [0.1, 0.15) is 36.6 Å². The summed E-state index contributed by atoms with van der Waals surface area (Å²) in [6.07, 6.45) is 1.36. The third-order valence-electron chi connectivity index (χ3n) is 3.77. The molecule has 0 radical (unpaired) electrons. The van der Waals surface area contributed by atoms with Crippen LogP contribution < -0.4 is 5.32 Å². The van der Waals surface area contributed by atoms with E-state index in [9.17, 15) is 10.1 Å². The molecule has 114 valence electrons. The number of nitrogens with zero attached hydrogens (tertiary/aromatic N) is 1. The molecule has 22 heavy (non-hydrogen) atoms. The summed E-state index contributed by atoms with van der Waals surface area (Å²) in [7, 11) is 0. The fraction of sp³-hybridized carbons (Fsp3) is 0.333. The summed E-state index contributed by atoms with van der Waals surface area (Å²) in [5.41, 5.74) is 0.322. The van der Waals surface area contributed by atoms with Crippen molar-refractivity contribution in [2.75, 3.05) is 0 Å². The van der Waals surface area contributed by atoms with Gasteiger partial charge in [-0.1, -0.05) is 36.4 Å². The number of benzene rings is 1. The zero-order valence-corrected chi connectivity index (χ0v) is 13.7. The number of hydrogen-bond acceptors (Lipinski definition) is 3. The second kappa shape index (κ2) is 7.24. The summed E-state index contributed by atoms with van der Waals surface area (Å²) in [4.78, 5) is 13.4. The molecule has 1 aromatic heterocycles. The van der Waals surface area contributed by atoms with E-state index in [4.69, 9.17) is 0 Å². The Labute approximate surface area is 135 Å². The van der Waals surface area contributed by atoms with Crippen LogP contribution in [0.5, 0.6) is 0 Å². The molecule has 1 aromatic carbocycles. The maximum Gasteiger partial charge on any atom is 0.229 e. The molecule has 0 aliphatic heterocycles. The van der Waals surface area contributed by atoms with Gasteiger partial charge in [0.1, 0.15) is 5.54 Å². The second-order valence-corrected chi connectivity index (χ2v) is 6.64. The molecule has 2 unspecified atom stereocenters. The summed E-state index contributed by atoms with van der Waals surface area (Å²) in [5.74, 6) is -0.330. The number of carbonyl (C=O) groups excluding carboxylic acids is 1. The lowest BCUT2D eigenvalue weighted by Gasteiger charge is -2.25. The number of carbonyl (C=O) groups is 1. The van der Waals surface area contributed by atoms with E-state index in [1.165, 1.54) is 5.56 Å². The van der Waals surface area contributed by atoms with Gasteiger partial charge < -0.3 is 5.32 Å². The lowest BCUT2D eigenvalue weighted by atomic mass is 9.93. The largest absolute Gasteiger partial charge is 0.337 e. The van der Waals surface area contributed by atoms with Gasteiger partial charge in [-0.3, -0.25) is 4.79 Å². The Hall–Kier alpha value is -2.12. The fourth-order valence-electron chi connectivity index (χ4n) is 2.23. The van der Waals surface area contributed by atoms with E-state index in [-0.39, 0.29) is 11.8 Å². The number of thiophene rings is 1. The summed E-state index contributed by atoms with van der Waals surface area (Å²) >= 11 is 1.56. The zero-order valence-electron chi connectivity index (χ0n) is 12.9. The minimum absolute atomic E-state index is 0.0976. The Kier molecular flexibility index (Phi) is 5.35. The smallest absolute Gasteiger partial charge is 0.229 e. The second-order valence-electron chi connectivity index (χ2n) is 5.66. The zero-order chi connectivity index (χ0) is 16.0. The van der Waals surface area contributed by atoms with Crippen molar-refractivity contribution in [3.05, 3.63) is 58.3 Å². The van der Waals surface area contributed by atoms with Crippen molar-refractivity contribution in [1.29, 1.82) is 5.26 Å². The molecule has 3 nitrogen and oxygen atoms in total. The average Bonchev–Trinajstić information content (AvgIpc) is 3.07. The van der Waals surface area contributed by atoms with Crippen molar-refractivity contribution in [1.82, 2.24) is 5.32 Å². The summed E-state index contributed by atoms with van der Waals surface area (Å²) in [6, 6.07) is 16.1. The standard InChI is InChI=1S/C18H20N2OS/c1-14(16-9-6-12-22-16)17(21)20-18(2,13-19)11-10-15-7-4-3-5-8-15/h3-9,12,14H,10-11H2,1-2H3,(H,20,21). The fourth-order valence-corrected chi connectivity index (χ4v) is 3.01. The first-order valence-electron chi connectivity index (χ1n) is 7.35. The van der Waals surface area contributed by atoms with E-state index in [2.05, 4.69) is 11.4 Å². The van der Waals surface area contributed by atoms with Crippen LogP contribution in [0.2, 0.25) is 0 Å². The van der Waals surface area contributed by atoms with Gasteiger partial charge in [0, 0.05) is 4.88 Å². The van der Waals surface area contributed by atoms with Gasteiger partial charge in [0.05, 0.1) is 12.0 Å². The van der Waals surface area contributed by atoms with Crippen LogP contribution in [0, 0.1) is 11.3 Å². The Morgan fingerprint density at radius 2 is 2.05 bits per heavy atom. The predicted octanol–water partition coefficient (Wildman–Crippen LogP) is 3.88. The van der Waals surface area contributed by atoms with E-state index in [0.717, 1.165) is 11.3 Å².